The first kappa shape index (κ1) is 28.0. The lowest BCUT2D eigenvalue weighted by molar-refractivity contribution is -0.119. The molecule has 8 nitrogen and oxygen atoms in total. The summed E-state index contributed by atoms with van der Waals surface area (Å²) in [6, 6.07) is 14.7. The monoisotopic (exact) mass is 547 g/mol. The zero-order chi connectivity index (χ0) is 28.5. The highest BCUT2D eigenvalue weighted by Crippen LogP contribution is 2.51. The largest absolute Gasteiger partial charge is 0.445 e. The molecule has 5 rings (SSSR count). The van der Waals surface area contributed by atoms with Crippen LogP contribution >= 0.6 is 0 Å². The Hall–Kier alpha value is -3.55. The average molecular weight is 548 g/mol. The molecule has 214 valence electrons. The number of aryl methyl sites for hydroxylation is 1. The Morgan fingerprint density at radius 1 is 0.975 bits per heavy atom. The van der Waals surface area contributed by atoms with Gasteiger partial charge < -0.3 is 25.4 Å². The van der Waals surface area contributed by atoms with Crippen molar-refractivity contribution < 1.29 is 23.9 Å². The number of carbonyl (C=O) groups is 3. The summed E-state index contributed by atoms with van der Waals surface area (Å²) in [6.45, 7) is 7.68. The van der Waals surface area contributed by atoms with Gasteiger partial charge in [-0.15, -0.1) is 0 Å². The highest BCUT2D eigenvalue weighted by atomic mass is 16.6. The standard InChI is InChI=1S/C32H41N3O5/c1-31(2,3)40-30(38)35-32(4)17-16-23-18-24(14-15-25(23)32)33-28(36)27(26(21-10-11-21)22-12-13-22)34-29(37)39-19-20-8-6-5-7-9-20/h5-9,14-15,18,21-22,26-27H,10-13,16-17,19H2,1-4H3,(H,33,36)(H,34,37)(H,35,38)/t27-,32?/m0/s1. The molecule has 8 heteroatoms. The highest BCUT2D eigenvalue weighted by Gasteiger charge is 2.48. The van der Waals surface area contributed by atoms with Gasteiger partial charge in [-0.25, -0.2) is 9.59 Å². The van der Waals surface area contributed by atoms with E-state index < -0.39 is 29.4 Å². The molecule has 0 saturated heterocycles. The maximum Gasteiger partial charge on any atom is 0.408 e. The molecule has 2 atom stereocenters. The Balaban J connectivity index is 1.27. The third-order valence-electron chi connectivity index (χ3n) is 8.12. The molecule has 0 aliphatic heterocycles. The van der Waals surface area contributed by atoms with Crippen molar-refractivity contribution in [3.8, 4) is 0 Å². The number of fused-ring (bicyclic) bond motifs is 1. The van der Waals surface area contributed by atoms with Crippen LogP contribution in [0.3, 0.4) is 0 Å². The number of carbonyl (C=O) groups excluding carboxylic acids is 3. The van der Waals surface area contributed by atoms with Crippen LogP contribution in [-0.2, 0) is 32.8 Å². The first-order valence-corrected chi connectivity index (χ1v) is 14.4. The number of nitrogens with one attached hydrogen (secondary N) is 3. The molecule has 2 aromatic rings. The van der Waals surface area contributed by atoms with E-state index in [2.05, 4.69) is 16.0 Å². The molecular weight excluding hydrogens is 506 g/mol. The average Bonchev–Trinajstić information content (AvgIpc) is 3.82. The second-order valence-corrected chi connectivity index (χ2v) is 12.8. The van der Waals surface area contributed by atoms with Crippen molar-refractivity contribution >= 4 is 23.8 Å². The van der Waals surface area contributed by atoms with Crippen LogP contribution in [0.25, 0.3) is 0 Å². The lowest BCUT2D eigenvalue weighted by Crippen LogP contribution is -2.50. The molecule has 3 aliphatic carbocycles. The van der Waals surface area contributed by atoms with Gasteiger partial charge in [0.05, 0.1) is 5.54 Å². The van der Waals surface area contributed by atoms with Crippen LogP contribution in [0, 0.1) is 17.8 Å². The zero-order valence-corrected chi connectivity index (χ0v) is 23.9. The summed E-state index contributed by atoms with van der Waals surface area (Å²) < 4.78 is 11.0. The normalized spacial score (nSPS) is 20.8. The molecule has 2 aromatic carbocycles. The van der Waals surface area contributed by atoms with E-state index in [0.717, 1.165) is 55.2 Å². The lowest BCUT2D eigenvalue weighted by Gasteiger charge is -2.29. The third-order valence-corrected chi connectivity index (χ3v) is 8.12. The molecule has 0 spiro atoms. The van der Waals surface area contributed by atoms with Gasteiger partial charge in [-0.1, -0.05) is 36.4 Å². The first-order valence-electron chi connectivity index (χ1n) is 14.4. The van der Waals surface area contributed by atoms with Crippen LogP contribution in [-0.4, -0.2) is 29.7 Å². The van der Waals surface area contributed by atoms with Crippen molar-refractivity contribution in [1.29, 1.82) is 0 Å². The van der Waals surface area contributed by atoms with Crippen molar-refractivity contribution in [2.75, 3.05) is 5.32 Å². The molecule has 3 amide bonds. The Kier molecular flexibility index (Phi) is 7.80. The summed E-state index contributed by atoms with van der Waals surface area (Å²) in [5, 5.41) is 9.03. The zero-order valence-electron chi connectivity index (χ0n) is 23.9. The number of benzene rings is 2. The Morgan fingerprint density at radius 2 is 1.65 bits per heavy atom. The van der Waals surface area contributed by atoms with Gasteiger partial charge in [0.25, 0.3) is 0 Å². The van der Waals surface area contributed by atoms with Gasteiger partial charge in [-0.3, -0.25) is 4.79 Å². The molecule has 0 aromatic heterocycles. The number of alkyl carbamates (subject to hydrolysis) is 2. The van der Waals surface area contributed by atoms with Crippen molar-refractivity contribution in [3.05, 3.63) is 65.2 Å². The topological polar surface area (TPSA) is 106 Å². The highest BCUT2D eigenvalue weighted by molar-refractivity contribution is 5.97. The summed E-state index contributed by atoms with van der Waals surface area (Å²) in [4.78, 5) is 39.0. The van der Waals surface area contributed by atoms with Crippen LogP contribution in [0.5, 0.6) is 0 Å². The molecule has 0 radical (unpaired) electrons. The predicted octanol–water partition coefficient (Wildman–Crippen LogP) is 6.04. The van der Waals surface area contributed by atoms with E-state index in [0.29, 0.717) is 17.5 Å². The molecule has 1 unspecified atom stereocenters. The molecule has 3 aliphatic rings. The summed E-state index contributed by atoms with van der Waals surface area (Å²) in [5.74, 6) is 0.808. The van der Waals surface area contributed by atoms with Crippen molar-refractivity contribution in [2.24, 2.45) is 17.8 Å². The smallest absolute Gasteiger partial charge is 0.408 e. The van der Waals surface area contributed by atoms with Gasteiger partial charge in [-0.05, 0) is 113 Å². The van der Waals surface area contributed by atoms with E-state index in [1.807, 2.05) is 76.2 Å². The molecular formula is C32H41N3O5. The number of hydrogen-bond donors (Lipinski definition) is 3. The van der Waals surface area contributed by atoms with Gasteiger partial charge in [0.2, 0.25) is 5.91 Å². The van der Waals surface area contributed by atoms with E-state index in [4.69, 9.17) is 9.47 Å². The van der Waals surface area contributed by atoms with Crippen molar-refractivity contribution in [2.45, 2.75) is 90.0 Å². The second kappa shape index (κ2) is 11.1. The van der Waals surface area contributed by atoms with E-state index in [9.17, 15) is 14.4 Å². The van der Waals surface area contributed by atoms with Gasteiger partial charge in [0, 0.05) is 5.69 Å². The molecule has 3 N–H and O–H groups in total. The first-order chi connectivity index (χ1) is 19.0. The van der Waals surface area contributed by atoms with E-state index >= 15 is 0 Å². The second-order valence-electron chi connectivity index (χ2n) is 12.8. The van der Waals surface area contributed by atoms with Crippen LogP contribution in [0.4, 0.5) is 15.3 Å². The van der Waals surface area contributed by atoms with E-state index in [1.165, 1.54) is 0 Å². The number of anilines is 1. The van der Waals surface area contributed by atoms with E-state index in [-0.39, 0.29) is 18.4 Å². The number of ether oxygens (including phenoxy) is 2. The molecule has 0 heterocycles. The molecule has 40 heavy (non-hydrogen) atoms. The third kappa shape index (κ3) is 6.95. The quantitative estimate of drug-likeness (QED) is 0.355. The van der Waals surface area contributed by atoms with Crippen LogP contribution in [0.1, 0.15) is 76.5 Å². The van der Waals surface area contributed by atoms with Crippen LogP contribution < -0.4 is 16.0 Å². The Bertz CT molecular complexity index is 1240. The summed E-state index contributed by atoms with van der Waals surface area (Å²) in [5.41, 5.74) is 2.54. The van der Waals surface area contributed by atoms with Gasteiger partial charge in [-0.2, -0.15) is 0 Å². The van der Waals surface area contributed by atoms with Crippen LogP contribution in [0.2, 0.25) is 0 Å². The fourth-order valence-corrected chi connectivity index (χ4v) is 5.93. The van der Waals surface area contributed by atoms with Crippen molar-refractivity contribution in [1.82, 2.24) is 10.6 Å². The molecule has 0 bridgehead atoms. The van der Waals surface area contributed by atoms with Gasteiger partial charge in [0.1, 0.15) is 18.2 Å². The molecule has 2 fully saturated rings. The summed E-state index contributed by atoms with van der Waals surface area (Å²) in [6.07, 6.45) is 4.85. The minimum Gasteiger partial charge on any atom is -0.445 e. The number of amides is 3. The lowest BCUT2D eigenvalue weighted by atomic mass is 9.88. The van der Waals surface area contributed by atoms with Crippen LogP contribution in [0.15, 0.2) is 48.5 Å². The minimum absolute atomic E-state index is 0.111. The van der Waals surface area contributed by atoms with Gasteiger partial charge >= 0.3 is 12.2 Å². The van der Waals surface area contributed by atoms with Crippen molar-refractivity contribution in [3.63, 3.8) is 0 Å². The predicted molar refractivity (Wildman–Crippen MR) is 153 cm³/mol. The maximum absolute atomic E-state index is 13.7. The fraction of sp³-hybridized carbons (Fsp3) is 0.531. The van der Waals surface area contributed by atoms with Gasteiger partial charge in [0.15, 0.2) is 0 Å². The number of rotatable bonds is 9. The fourth-order valence-electron chi connectivity index (χ4n) is 5.93. The molecule has 2 saturated carbocycles. The SMILES string of the molecule is CC(C)(C)OC(=O)NC1(C)CCc2cc(NC(=O)[C@@H](NC(=O)OCc3ccccc3)C(C3CC3)C3CC3)ccc21. The summed E-state index contributed by atoms with van der Waals surface area (Å²) in [7, 11) is 0. The number of hydrogen-bond acceptors (Lipinski definition) is 5. The Morgan fingerprint density at radius 3 is 2.27 bits per heavy atom. The van der Waals surface area contributed by atoms with E-state index in [1.54, 1.807) is 0 Å². The maximum atomic E-state index is 13.7. The Labute approximate surface area is 236 Å². The summed E-state index contributed by atoms with van der Waals surface area (Å²) >= 11 is 0. The minimum atomic E-state index is -0.657.